The molecular formula is C21H23NO5S. The summed E-state index contributed by atoms with van der Waals surface area (Å²) in [5.74, 6) is 1.71. The van der Waals surface area contributed by atoms with Crippen molar-refractivity contribution in [3.8, 4) is 17.2 Å². The highest BCUT2D eigenvalue weighted by molar-refractivity contribution is 8.02. The topological polar surface area (TPSA) is 81.3 Å². The largest absolute Gasteiger partial charge is 0.507 e. The summed E-state index contributed by atoms with van der Waals surface area (Å²) in [6, 6.07) is 7.19. The van der Waals surface area contributed by atoms with Crippen LogP contribution < -0.4 is 15.1 Å². The fraction of sp³-hybridized carbons (Fsp3) is 0.333. The van der Waals surface area contributed by atoms with Gasteiger partial charge in [-0.2, -0.15) is 0 Å². The van der Waals surface area contributed by atoms with Crippen LogP contribution in [0.25, 0.3) is 0 Å². The zero-order valence-electron chi connectivity index (χ0n) is 16.1. The standard InChI is InChI=1S/C21H23NO5S/c1-4-25-14-6-7-15(18(11-14)26-5-2)19-12-16(22-8-9-28-19)20-17(23)10-13(3)27-21(20)24/h6-11,19,23H,4-5,12H2,1-3H3. The second-order valence-electron chi connectivity index (χ2n) is 6.16. The van der Waals surface area contributed by atoms with Crippen LogP contribution in [0.3, 0.4) is 0 Å². The maximum atomic E-state index is 12.3. The third kappa shape index (κ3) is 4.42. The number of aliphatic imine (C=N–C) groups is 1. The van der Waals surface area contributed by atoms with Crippen molar-refractivity contribution in [2.45, 2.75) is 32.4 Å². The monoisotopic (exact) mass is 401 g/mol. The number of nitrogens with zero attached hydrogens (tertiary/aromatic N) is 1. The molecule has 1 unspecified atom stereocenters. The van der Waals surface area contributed by atoms with Gasteiger partial charge in [0.2, 0.25) is 0 Å². The van der Waals surface area contributed by atoms with Crippen LogP contribution in [0.5, 0.6) is 17.2 Å². The molecule has 3 rings (SSSR count). The Balaban J connectivity index is 1.98. The van der Waals surface area contributed by atoms with Crippen molar-refractivity contribution in [3.63, 3.8) is 0 Å². The first-order valence-electron chi connectivity index (χ1n) is 9.14. The van der Waals surface area contributed by atoms with E-state index in [0.29, 0.717) is 31.1 Å². The van der Waals surface area contributed by atoms with Crippen molar-refractivity contribution >= 4 is 17.5 Å². The third-order valence-corrected chi connectivity index (χ3v) is 5.23. The van der Waals surface area contributed by atoms with Crippen LogP contribution in [0.15, 0.2) is 50.1 Å². The number of thioether (sulfide) groups is 1. The van der Waals surface area contributed by atoms with E-state index in [0.717, 1.165) is 17.1 Å². The van der Waals surface area contributed by atoms with E-state index in [1.165, 1.54) is 6.07 Å². The minimum Gasteiger partial charge on any atom is -0.507 e. The molecule has 0 aliphatic carbocycles. The van der Waals surface area contributed by atoms with E-state index in [1.54, 1.807) is 24.9 Å². The van der Waals surface area contributed by atoms with E-state index in [9.17, 15) is 9.90 Å². The Hall–Kier alpha value is -2.67. The number of rotatable bonds is 6. The molecule has 1 atom stereocenters. The summed E-state index contributed by atoms with van der Waals surface area (Å²) < 4.78 is 16.6. The van der Waals surface area contributed by atoms with Crippen molar-refractivity contribution in [1.82, 2.24) is 0 Å². The highest BCUT2D eigenvalue weighted by atomic mass is 32.2. The Morgan fingerprint density at radius 2 is 2.04 bits per heavy atom. The SMILES string of the molecule is CCOc1ccc(C2CC(c3c(O)cc(C)oc3=O)=NC=CS2)c(OCC)c1. The Morgan fingerprint density at radius 3 is 2.75 bits per heavy atom. The number of aromatic hydroxyl groups is 1. The van der Waals surface area contributed by atoms with Gasteiger partial charge in [-0.1, -0.05) is 6.07 Å². The third-order valence-electron chi connectivity index (χ3n) is 4.20. The van der Waals surface area contributed by atoms with Gasteiger partial charge in [0.05, 0.1) is 18.9 Å². The first-order valence-corrected chi connectivity index (χ1v) is 10.1. The van der Waals surface area contributed by atoms with Gasteiger partial charge >= 0.3 is 5.63 Å². The molecule has 6 nitrogen and oxygen atoms in total. The molecule has 0 saturated carbocycles. The average Bonchev–Trinajstić information content (AvgIpc) is 2.88. The Morgan fingerprint density at radius 1 is 1.25 bits per heavy atom. The normalized spacial score (nSPS) is 16.4. The molecule has 148 valence electrons. The lowest BCUT2D eigenvalue weighted by molar-refractivity contribution is 0.320. The van der Waals surface area contributed by atoms with Crippen LogP contribution in [0.4, 0.5) is 0 Å². The van der Waals surface area contributed by atoms with E-state index < -0.39 is 5.63 Å². The predicted octanol–water partition coefficient (Wildman–Crippen LogP) is 4.59. The van der Waals surface area contributed by atoms with Gasteiger partial charge in [0.15, 0.2) is 0 Å². The first kappa shape index (κ1) is 20.1. The Labute approximate surface area is 167 Å². The number of ether oxygens (including phenoxy) is 2. The minimum absolute atomic E-state index is 0.0465. The molecule has 2 aromatic rings. The molecule has 0 amide bonds. The smallest absolute Gasteiger partial charge is 0.348 e. The zero-order chi connectivity index (χ0) is 20.1. The van der Waals surface area contributed by atoms with Crippen LogP contribution in [0, 0.1) is 6.92 Å². The Bertz CT molecular complexity index is 964. The van der Waals surface area contributed by atoms with Gasteiger partial charge in [0, 0.05) is 35.6 Å². The molecule has 1 N–H and O–H groups in total. The molecule has 1 aliphatic heterocycles. The maximum Gasteiger partial charge on any atom is 0.348 e. The molecule has 0 spiro atoms. The van der Waals surface area contributed by atoms with Gasteiger partial charge in [-0.15, -0.1) is 11.8 Å². The summed E-state index contributed by atoms with van der Waals surface area (Å²) >= 11 is 1.58. The minimum atomic E-state index is -0.591. The fourth-order valence-corrected chi connectivity index (χ4v) is 3.97. The van der Waals surface area contributed by atoms with Crippen molar-refractivity contribution in [1.29, 1.82) is 0 Å². The van der Waals surface area contributed by atoms with E-state index in [2.05, 4.69) is 4.99 Å². The molecule has 2 heterocycles. The van der Waals surface area contributed by atoms with Crippen LogP contribution in [0.2, 0.25) is 0 Å². The van der Waals surface area contributed by atoms with Crippen LogP contribution in [-0.4, -0.2) is 24.0 Å². The highest BCUT2D eigenvalue weighted by Crippen LogP contribution is 2.42. The lowest BCUT2D eigenvalue weighted by Gasteiger charge is -2.19. The summed E-state index contributed by atoms with van der Waals surface area (Å²) in [6.45, 7) is 6.58. The second kappa shape index (κ2) is 9.01. The maximum absolute atomic E-state index is 12.3. The van der Waals surface area contributed by atoms with E-state index in [-0.39, 0.29) is 16.6 Å². The van der Waals surface area contributed by atoms with Crippen LogP contribution >= 0.6 is 11.8 Å². The van der Waals surface area contributed by atoms with Crippen molar-refractivity contribution in [2.24, 2.45) is 4.99 Å². The molecular weight excluding hydrogens is 378 g/mol. The summed E-state index contributed by atoms with van der Waals surface area (Å²) in [6.07, 6.45) is 2.07. The van der Waals surface area contributed by atoms with Gasteiger partial charge in [0.25, 0.3) is 0 Å². The molecule has 0 saturated heterocycles. The molecule has 1 aromatic heterocycles. The first-order chi connectivity index (χ1) is 13.5. The van der Waals surface area contributed by atoms with Gasteiger partial charge in [-0.25, -0.2) is 4.79 Å². The summed E-state index contributed by atoms with van der Waals surface area (Å²) in [4.78, 5) is 16.7. The predicted molar refractivity (Wildman–Crippen MR) is 111 cm³/mol. The lowest BCUT2D eigenvalue weighted by Crippen LogP contribution is -2.17. The molecule has 28 heavy (non-hydrogen) atoms. The zero-order valence-corrected chi connectivity index (χ0v) is 16.9. The van der Waals surface area contributed by atoms with Crippen molar-refractivity contribution in [3.05, 3.63) is 63.2 Å². The number of benzene rings is 1. The Kier molecular flexibility index (Phi) is 6.46. The molecule has 0 fully saturated rings. The van der Waals surface area contributed by atoms with Gasteiger partial charge in [-0.3, -0.25) is 4.99 Å². The number of hydrogen-bond donors (Lipinski definition) is 1. The summed E-state index contributed by atoms with van der Waals surface area (Å²) in [7, 11) is 0. The van der Waals surface area contributed by atoms with E-state index in [1.807, 2.05) is 37.5 Å². The number of aryl methyl sites for hydroxylation is 1. The van der Waals surface area contributed by atoms with Crippen molar-refractivity contribution < 1.29 is 19.0 Å². The molecule has 0 bridgehead atoms. The van der Waals surface area contributed by atoms with Gasteiger partial charge in [0.1, 0.15) is 28.6 Å². The molecule has 1 aliphatic rings. The fourth-order valence-electron chi connectivity index (χ4n) is 3.06. The average molecular weight is 401 g/mol. The summed E-state index contributed by atoms with van der Waals surface area (Å²) in [5.41, 5.74) is 0.970. The molecule has 7 heteroatoms. The van der Waals surface area contributed by atoms with E-state index >= 15 is 0 Å². The van der Waals surface area contributed by atoms with Crippen LogP contribution in [0.1, 0.15) is 42.4 Å². The molecule has 0 radical (unpaired) electrons. The highest BCUT2D eigenvalue weighted by Gasteiger charge is 2.25. The molecule has 1 aromatic carbocycles. The lowest BCUT2D eigenvalue weighted by atomic mass is 10.0. The number of hydrogen-bond acceptors (Lipinski definition) is 7. The van der Waals surface area contributed by atoms with Gasteiger partial charge in [-0.05, 0) is 32.2 Å². The van der Waals surface area contributed by atoms with Gasteiger partial charge < -0.3 is 19.0 Å². The van der Waals surface area contributed by atoms with Crippen molar-refractivity contribution in [2.75, 3.05) is 13.2 Å². The van der Waals surface area contributed by atoms with Crippen LogP contribution in [-0.2, 0) is 0 Å². The summed E-state index contributed by atoms with van der Waals surface area (Å²) in [5, 5.41) is 12.1. The second-order valence-corrected chi connectivity index (χ2v) is 7.27. The van der Waals surface area contributed by atoms with E-state index in [4.69, 9.17) is 13.9 Å². The quantitative estimate of drug-likeness (QED) is 0.762.